The van der Waals surface area contributed by atoms with Gasteiger partial charge in [0.2, 0.25) is 0 Å². The minimum atomic E-state index is 0.606. The first-order valence-corrected chi connectivity index (χ1v) is 3.47. The van der Waals surface area contributed by atoms with E-state index in [1.807, 2.05) is 0 Å². The Balaban J connectivity index is 2.93. The lowest BCUT2D eigenvalue weighted by Gasteiger charge is -1.88. The standard InChI is InChI=1S/C5H3BrN4/c6-4-3-7-5-9-8-1-2-10(4)5/h1-3H. The molecule has 0 N–H and O–H groups in total. The Morgan fingerprint density at radius 3 is 3.20 bits per heavy atom. The van der Waals surface area contributed by atoms with Crippen LogP contribution >= 0.6 is 15.9 Å². The monoisotopic (exact) mass is 198 g/mol. The lowest BCUT2D eigenvalue weighted by Crippen LogP contribution is -1.89. The zero-order valence-corrected chi connectivity index (χ0v) is 6.48. The topological polar surface area (TPSA) is 43.1 Å². The molecule has 0 aliphatic rings. The van der Waals surface area contributed by atoms with Crippen LogP contribution in [0.3, 0.4) is 0 Å². The van der Waals surface area contributed by atoms with Gasteiger partial charge in [-0.3, -0.25) is 4.40 Å². The quantitative estimate of drug-likeness (QED) is 0.632. The van der Waals surface area contributed by atoms with Gasteiger partial charge in [-0.15, -0.1) is 5.10 Å². The normalized spacial score (nSPS) is 10.5. The van der Waals surface area contributed by atoms with Crippen LogP contribution in [0.25, 0.3) is 5.78 Å². The largest absolute Gasteiger partial charge is 0.275 e. The van der Waals surface area contributed by atoms with Gasteiger partial charge in [0, 0.05) is 6.20 Å². The van der Waals surface area contributed by atoms with E-state index in [-0.39, 0.29) is 0 Å². The fourth-order valence-corrected chi connectivity index (χ4v) is 1.10. The van der Waals surface area contributed by atoms with Crippen molar-refractivity contribution in [3.05, 3.63) is 23.2 Å². The summed E-state index contributed by atoms with van der Waals surface area (Å²) in [6.07, 6.45) is 5.09. The molecule has 0 amide bonds. The number of rotatable bonds is 0. The van der Waals surface area contributed by atoms with Gasteiger partial charge in [0.05, 0.1) is 12.4 Å². The Morgan fingerprint density at radius 2 is 2.40 bits per heavy atom. The number of imidazole rings is 1. The third-order valence-electron chi connectivity index (χ3n) is 1.16. The van der Waals surface area contributed by atoms with Crippen molar-refractivity contribution in [1.29, 1.82) is 0 Å². The van der Waals surface area contributed by atoms with Crippen LogP contribution in [-0.2, 0) is 0 Å². The first-order chi connectivity index (χ1) is 4.88. The van der Waals surface area contributed by atoms with Crippen molar-refractivity contribution in [2.75, 3.05) is 0 Å². The summed E-state index contributed by atoms with van der Waals surface area (Å²) in [6, 6.07) is 0. The van der Waals surface area contributed by atoms with Gasteiger partial charge in [0.15, 0.2) is 0 Å². The minimum absolute atomic E-state index is 0.606. The zero-order valence-electron chi connectivity index (χ0n) is 4.90. The van der Waals surface area contributed by atoms with Crippen LogP contribution < -0.4 is 0 Å². The molecule has 0 aliphatic carbocycles. The predicted octanol–water partition coefficient (Wildman–Crippen LogP) is 0.887. The highest BCUT2D eigenvalue weighted by atomic mass is 79.9. The molecule has 0 aliphatic heterocycles. The molecule has 2 rings (SSSR count). The molecule has 2 aromatic heterocycles. The van der Waals surface area contributed by atoms with E-state index in [9.17, 15) is 0 Å². The maximum absolute atomic E-state index is 3.96. The Hall–Kier alpha value is -0.970. The number of hydrogen-bond acceptors (Lipinski definition) is 3. The Morgan fingerprint density at radius 1 is 1.50 bits per heavy atom. The minimum Gasteiger partial charge on any atom is -0.275 e. The smallest absolute Gasteiger partial charge is 0.254 e. The van der Waals surface area contributed by atoms with Crippen molar-refractivity contribution >= 4 is 21.7 Å². The number of halogens is 1. The molecule has 0 fully saturated rings. The lowest BCUT2D eigenvalue weighted by atomic mass is 10.8. The molecule has 0 unspecified atom stereocenters. The second kappa shape index (κ2) is 2.02. The van der Waals surface area contributed by atoms with Crippen molar-refractivity contribution in [2.45, 2.75) is 0 Å². The van der Waals surface area contributed by atoms with Crippen LogP contribution in [0.5, 0.6) is 0 Å². The fraction of sp³-hybridized carbons (Fsp3) is 0. The van der Waals surface area contributed by atoms with Gasteiger partial charge in [-0.25, -0.2) is 4.98 Å². The second-order valence-corrected chi connectivity index (χ2v) is 2.58. The average Bonchev–Trinajstić information content (AvgIpc) is 2.34. The Bertz CT molecular complexity index is 355. The summed E-state index contributed by atoms with van der Waals surface area (Å²) in [5.41, 5.74) is 0. The lowest BCUT2D eigenvalue weighted by molar-refractivity contribution is 0.958. The van der Waals surface area contributed by atoms with Gasteiger partial charge >= 0.3 is 0 Å². The molecule has 0 saturated heterocycles. The number of fused-ring (bicyclic) bond motifs is 1. The van der Waals surface area contributed by atoms with Crippen LogP contribution in [0.1, 0.15) is 0 Å². The van der Waals surface area contributed by atoms with E-state index in [1.54, 1.807) is 23.0 Å². The van der Waals surface area contributed by atoms with Gasteiger partial charge in [0.25, 0.3) is 5.78 Å². The summed E-state index contributed by atoms with van der Waals surface area (Å²) < 4.78 is 2.69. The third kappa shape index (κ3) is 0.706. The molecule has 50 valence electrons. The third-order valence-corrected chi connectivity index (χ3v) is 1.75. The van der Waals surface area contributed by atoms with Crippen LogP contribution in [0, 0.1) is 0 Å². The zero-order chi connectivity index (χ0) is 6.97. The second-order valence-electron chi connectivity index (χ2n) is 1.76. The van der Waals surface area contributed by atoms with Gasteiger partial charge in [-0.05, 0) is 15.9 Å². The van der Waals surface area contributed by atoms with E-state index >= 15 is 0 Å². The highest BCUT2D eigenvalue weighted by molar-refractivity contribution is 9.10. The van der Waals surface area contributed by atoms with Gasteiger partial charge < -0.3 is 0 Å². The van der Waals surface area contributed by atoms with Crippen molar-refractivity contribution < 1.29 is 0 Å². The molecule has 0 saturated carbocycles. The van der Waals surface area contributed by atoms with Gasteiger partial charge in [-0.2, -0.15) is 5.10 Å². The molecule has 0 radical (unpaired) electrons. The highest BCUT2D eigenvalue weighted by Gasteiger charge is 1.97. The molecule has 10 heavy (non-hydrogen) atoms. The van der Waals surface area contributed by atoms with E-state index in [0.717, 1.165) is 4.60 Å². The summed E-state index contributed by atoms with van der Waals surface area (Å²) in [6.45, 7) is 0. The molecule has 0 bridgehead atoms. The van der Waals surface area contributed by atoms with Crippen LogP contribution in [0.2, 0.25) is 0 Å². The molecule has 5 heteroatoms. The molecule has 2 heterocycles. The molecule has 0 aromatic carbocycles. The van der Waals surface area contributed by atoms with E-state index in [0.29, 0.717) is 5.78 Å². The van der Waals surface area contributed by atoms with E-state index < -0.39 is 0 Å². The predicted molar refractivity (Wildman–Crippen MR) is 38.5 cm³/mol. The van der Waals surface area contributed by atoms with Crippen molar-refractivity contribution in [3.8, 4) is 0 Å². The first-order valence-electron chi connectivity index (χ1n) is 2.68. The molecule has 0 spiro atoms. The van der Waals surface area contributed by atoms with Crippen molar-refractivity contribution in [1.82, 2.24) is 19.6 Å². The highest BCUT2D eigenvalue weighted by Crippen LogP contribution is 2.08. The molecule has 4 nitrogen and oxygen atoms in total. The van der Waals surface area contributed by atoms with E-state index in [1.165, 1.54) is 0 Å². The van der Waals surface area contributed by atoms with Crippen LogP contribution in [0.15, 0.2) is 23.2 Å². The SMILES string of the molecule is Brc1cnc2nnccn12. The summed E-state index contributed by atoms with van der Waals surface area (Å²) in [4.78, 5) is 3.96. The van der Waals surface area contributed by atoms with Crippen molar-refractivity contribution in [3.63, 3.8) is 0 Å². The van der Waals surface area contributed by atoms with Crippen LogP contribution in [0.4, 0.5) is 0 Å². The number of aromatic nitrogens is 4. The summed E-state index contributed by atoms with van der Waals surface area (Å²) in [5.74, 6) is 0.606. The van der Waals surface area contributed by atoms with Crippen LogP contribution in [-0.4, -0.2) is 19.6 Å². The summed E-state index contributed by atoms with van der Waals surface area (Å²) in [5, 5.41) is 7.45. The fourth-order valence-electron chi connectivity index (χ4n) is 0.724. The Kier molecular flexibility index (Phi) is 1.17. The van der Waals surface area contributed by atoms with Crippen molar-refractivity contribution in [2.24, 2.45) is 0 Å². The van der Waals surface area contributed by atoms with Gasteiger partial charge in [-0.1, -0.05) is 0 Å². The summed E-state index contributed by atoms with van der Waals surface area (Å²) >= 11 is 3.30. The Labute approximate surface area is 65.0 Å². The first kappa shape index (κ1) is 5.79. The van der Waals surface area contributed by atoms with Gasteiger partial charge in [0.1, 0.15) is 4.60 Å². The molecular formula is C5H3BrN4. The van der Waals surface area contributed by atoms with E-state index in [4.69, 9.17) is 0 Å². The molecule has 0 atom stereocenters. The maximum Gasteiger partial charge on any atom is 0.254 e. The average molecular weight is 199 g/mol. The summed E-state index contributed by atoms with van der Waals surface area (Å²) in [7, 11) is 0. The number of hydrogen-bond donors (Lipinski definition) is 0. The number of nitrogens with zero attached hydrogens (tertiary/aromatic N) is 4. The molecule has 2 aromatic rings. The van der Waals surface area contributed by atoms with E-state index in [2.05, 4.69) is 31.1 Å². The molecular weight excluding hydrogens is 196 g/mol. The maximum atomic E-state index is 3.96.